The second-order valence-electron chi connectivity index (χ2n) is 7.27. The van der Waals surface area contributed by atoms with Crippen LogP contribution in [0.5, 0.6) is 0 Å². The van der Waals surface area contributed by atoms with Crippen LogP contribution >= 0.6 is 0 Å². The summed E-state index contributed by atoms with van der Waals surface area (Å²) in [4.78, 5) is 11.9. The van der Waals surface area contributed by atoms with Gasteiger partial charge in [-0.3, -0.25) is 0 Å². The van der Waals surface area contributed by atoms with Crippen LogP contribution in [0.3, 0.4) is 0 Å². The lowest BCUT2D eigenvalue weighted by Crippen LogP contribution is -2.35. The van der Waals surface area contributed by atoms with Crippen molar-refractivity contribution in [3.8, 4) is 11.5 Å². The molecule has 0 saturated heterocycles. The maximum atomic E-state index is 11.9. The van der Waals surface area contributed by atoms with E-state index in [1.165, 1.54) is 6.42 Å². The normalized spacial score (nSPS) is 27.6. The second kappa shape index (κ2) is 6.61. The zero-order chi connectivity index (χ0) is 14.6. The van der Waals surface area contributed by atoms with Crippen LogP contribution in [0.2, 0.25) is 19.6 Å². The van der Waals surface area contributed by atoms with Gasteiger partial charge in [-0.25, -0.2) is 4.79 Å². The van der Waals surface area contributed by atoms with Gasteiger partial charge in [0.2, 0.25) is 0 Å². The van der Waals surface area contributed by atoms with Gasteiger partial charge in [0.25, 0.3) is 0 Å². The van der Waals surface area contributed by atoms with E-state index in [4.69, 9.17) is 4.74 Å². The summed E-state index contributed by atoms with van der Waals surface area (Å²) in [6.45, 7) is 13.1. The minimum atomic E-state index is -1.50. The van der Waals surface area contributed by atoms with Crippen LogP contribution in [-0.2, 0) is 9.53 Å². The fourth-order valence-corrected chi connectivity index (χ4v) is 3.13. The number of carbonyl (C=O) groups is 1. The van der Waals surface area contributed by atoms with Crippen LogP contribution < -0.4 is 0 Å². The molecule has 0 aromatic carbocycles. The Morgan fingerprint density at radius 2 is 1.89 bits per heavy atom. The molecule has 0 aromatic rings. The van der Waals surface area contributed by atoms with Crippen molar-refractivity contribution in [2.75, 3.05) is 0 Å². The number of carbonyl (C=O) groups excluding carboxylic acids is 1. The molecule has 0 aromatic heterocycles. The summed E-state index contributed by atoms with van der Waals surface area (Å²) in [7, 11) is -1.50. The Balaban J connectivity index is 2.65. The van der Waals surface area contributed by atoms with Crippen LogP contribution in [0.15, 0.2) is 0 Å². The fourth-order valence-electron chi connectivity index (χ4n) is 2.66. The summed E-state index contributed by atoms with van der Waals surface area (Å²) in [5.74, 6) is 4.08. The maximum absolute atomic E-state index is 11.9. The molecule has 0 spiro atoms. The van der Waals surface area contributed by atoms with E-state index in [9.17, 15) is 4.79 Å². The third-order valence-electron chi connectivity index (χ3n) is 3.76. The molecule has 0 aliphatic heterocycles. The highest BCUT2D eigenvalue weighted by atomic mass is 28.3. The predicted octanol–water partition coefficient (Wildman–Crippen LogP) is 3.87. The van der Waals surface area contributed by atoms with Crippen molar-refractivity contribution in [3.63, 3.8) is 0 Å². The highest BCUT2D eigenvalue weighted by Crippen LogP contribution is 2.35. The molecule has 1 aliphatic rings. The van der Waals surface area contributed by atoms with Crippen LogP contribution in [-0.4, -0.2) is 20.1 Å². The lowest BCUT2D eigenvalue weighted by atomic mass is 9.75. The maximum Gasteiger partial charge on any atom is 0.384 e. The zero-order valence-electron chi connectivity index (χ0n) is 13.2. The molecular formula is C16H28O2Si. The van der Waals surface area contributed by atoms with Crippen molar-refractivity contribution in [3.05, 3.63) is 0 Å². The summed E-state index contributed by atoms with van der Waals surface area (Å²) >= 11 is 0. The standard InChI is InChI=1S/C16H28O2Si/c1-12(2)14-8-7-13(3)11-15(14)18-16(17)9-10-19(4,5)6/h12-15H,7-8,11H2,1-6H3/t13-,14+,15-/m1/s1. The van der Waals surface area contributed by atoms with Crippen LogP contribution in [0.1, 0.15) is 40.0 Å². The number of hydrogen-bond donors (Lipinski definition) is 0. The van der Waals surface area contributed by atoms with Gasteiger partial charge in [-0.2, -0.15) is 0 Å². The van der Waals surface area contributed by atoms with Gasteiger partial charge in [0.15, 0.2) is 0 Å². The second-order valence-corrected chi connectivity index (χ2v) is 12.0. The van der Waals surface area contributed by atoms with Crippen molar-refractivity contribution >= 4 is 14.0 Å². The fraction of sp³-hybridized carbons (Fsp3) is 0.812. The first kappa shape index (κ1) is 16.3. The SMILES string of the molecule is CC(C)[C@@H]1CC[C@@H](C)C[C@H]1OC(=O)C#C[Si](C)(C)C. The molecule has 0 N–H and O–H groups in total. The molecule has 0 unspecified atom stereocenters. The lowest BCUT2D eigenvalue weighted by molar-refractivity contribution is -0.148. The van der Waals surface area contributed by atoms with Gasteiger partial charge in [-0.15, -0.1) is 5.54 Å². The summed E-state index contributed by atoms with van der Waals surface area (Å²) in [6.07, 6.45) is 3.46. The molecule has 0 heterocycles. The average Bonchev–Trinajstić information content (AvgIpc) is 2.25. The van der Waals surface area contributed by atoms with E-state index in [-0.39, 0.29) is 12.1 Å². The van der Waals surface area contributed by atoms with Crippen LogP contribution in [0.4, 0.5) is 0 Å². The van der Waals surface area contributed by atoms with Gasteiger partial charge in [-0.1, -0.05) is 46.8 Å². The molecule has 3 heteroatoms. The topological polar surface area (TPSA) is 26.3 Å². The van der Waals surface area contributed by atoms with E-state index in [2.05, 4.69) is 51.9 Å². The first-order valence-corrected chi connectivity index (χ1v) is 10.9. The molecule has 19 heavy (non-hydrogen) atoms. The molecule has 1 fully saturated rings. The Hall–Kier alpha value is -0.753. The van der Waals surface area contributed by atoms with Crippen molar-refractivity contribution in [2.24, 2.45) is 17.8 Å². The first-order valence-electron chi connectivity index (χ1n) is 7.43. The van der Waals surface area contributed by atoms with Gasteiger partial charge in [0.05, 0.1) is 0 Å². The molecule has 2 nitrogen and oxygen atoms in total. The third-order valence-corrected chi connectivity index (χ3v) is 4.63. The van der Waals surface area contributed by atoms with E-state index in [0.717, 1.165) is 12.8 Å². The highest BCUT2D eigenvalue weighted by Gasteiger charge is 2.33. The van der Waals surface area contributed by atoms with Crippen LogP contribution in [0, 0.1) is 29.2 Å². The van der Waals surface area contributed by atoms with Gasteiger partial charge in [-0.05, 0) is 30.6 Å². The summed E-state index contributed by atoms with van der Waals surface area (Å²) in [6, 6.07) is 0. The number of esters is 1. The molecule has 1 aliphatic carbocycles. The van der Waals surface area contributed by atoms with E-state index in [1.54, 1.807) is 0 Å². The molecule has 3 atom stereocenters. The minimum Gasteiger partial charge on any atom is -0.452 e. The lowest BCUT2D eigenvalue weighted by Gasteiger charge is -2.36. The van der Waals surface area contributed by atoms with E-state index in [0.29, 0.717) is 17.8 Å². The summed E-state index contributed by atoms with van der Waals surface area (Å²) in [5.41, 5.74) is 3.08. The Morgan fingerprint density at radius 1 is 1.26 bits per heavy atom. The predicted molar refractivity (Wildman–Crippen MR) is 82.3 cm³/mol. The molecular weight excluding hydrogens is 252 g/mol. The zero-order valence-corrected chi connectivity index (χ0v) is 14.2. The smallest absolute Gasteiger partial charge is 0.384 e. The Morgan fingerprint density at radius 3 is 2.42 bits per heavy atom. The highest BCUT2D eigenvalue weighted by molar-refractivity contribution is 6.84. The Labute approximate surface area is 119 Å². The van der Waals surface area contributed by atoms with E-state index < -0.39 is 8.07 Å². The molecule has 0 amide bonds. The molecule has 1 saturated carbocycles. The number of hydrogen-bond acceptors (Lipinski definition) is 2. The number of ether oxygens (including phenoxy) is 1. The van der Waals surface area contributed by atoms with E-state index in [1.807, 2.05) is 0 Å². The quantitative estimate of drug-likeness (QED) is 0.436. The van der Waals surface area contributed by atoms with Crippen LogP contribution in [0.25, 0.3) is 0 Å². The summed E-state index contributed by atoms with van der Waals surface area (Å²) in [5, 5.41) is 0. The summed E-state index contributed by atoms with van der Waals surface area (Å²) < 4.78 is 5.64. The van der Waals surface area contributed by atoms with Crippen molar-refractivity contribution < 1.29 is 9.53 Å². The van der Waals surface area contributed by atoms with Crippen molar-refractivity contribution in [2.45, 2.75) is 65.8 Å². The molecule has 0 radical (unpaired) electrons. The number of rotatable bonds is 2. The molecule has 1 rings (SSSR count). The largest absolute Gasteiger partial charge is 0.452 e. The monoisotopic (exact) mass is 280 g/mol. The van der Waals surface area contributed by atoms with Gasteiger partial charge >= 0.3 is 5.97 Å². The minimum absolute atomic E-state index is 0.0622. The van der Waals surface area contributed by atoms with Crippen molar-refractivity contribution in [1.82, 2.24) is 0 Å². The Kier molecular flexibility index (Phi) is 5.67. The molecule has 0 bridgehead atoms. The van der Waals surface area contributed by atoms with Gasteiger partial charge in [0.1, 0.15) is 14.2 Å². The molecule has 108 valence electrons. The third kappa shape index (κ3) is 5.82. The van der Waals surface area contributed by atoms with Gasteiger partial charge < -0.3 is 4.74 Å². The van der Waals surface area contributed by atoms with Gasteiger partial charge in [0, 0.05) is 5.92 Å². The average molecular weight is 280 g/mol. The first-order chi connectivity index (χ1) is 8.69. The Bertz CT molecular complexity index is 370. The van der Waals surface area contributed by atoms with E-state index >= 15 is 0 Å². The van der Waals surface area contributed by atoms with Crippen molar-refractivity contribution in [1.29, 1.82) is 0 Å².